The summed E-state index contributed by atoms with van der Waals surface area (Å²) in [5.74, 6) is -0.0388. The summed E-state index contributed by atoms with van der Waals surface area (Å²) in [7, 11) is 3.50. The first-order valence-electron chi connectivity index (χ1n) is 14.0. The van der Waals surface area contributed by atoms with Crippen LogP contribution in [0.4, 0.5) is 4.79 Å². The lowest BCUT2D eigenvalue weighted by Gasteiger charge is -2.45. The minimum atomic E-state index is -0.776. The van der Waals surface area contributed by atoms with E-state index in [0.29, 0.717) is 51.1 Å². The normalized spacial score (nSPS) is 18.3. The number of ether oxygens (including phenoxy) is 1. The van der Waals surface area contributed by atoms with Gasteiger partial charge in [0.05, 0.1) is 18.9 Å². The molecule has 10 heteroatoms. The molecule has 2 heterocycles. The van der Waals surface area contributed by atoms with Gasteiger partial charge < -0.3 is 29.9 Å². The number of carbonyl (C=O) groups excluding carboxylic acids is 2. The van der Waals surface area contributed by atoms with E-state index >= 15 is 0 Å². The molecule has 1 saturated heterocycles. The van der Waals surface area contributed by atoms with Crippen molar-refractivity contribution in [1.29, 1.82) is 0 Å². The average molecular weight is 540 g/mol. The lowest BCUT2D eigenvalue weighted by molar-refractivity contribution is -0.160. The van der Waals surface area contributed by atoms with Gasteiger partial charge in [-0.1, -0.05) is 31.4 Å². The van der Waals surface area contributed by atoms with Gasteiger partial charge in [0.25, 0.3) is 0 Å². The molecular weight excluding hydrogens is 498 g/mol. The number of aryl methyl sites for hydroxylation is 1. The van der Waals surface area contributed by atoms with Crippen LogP contribution in [0, 0.1) is 11.3 Å². The standard InChI is InChI=1S/C29H41N5O5/c1-33-20-30-19-23(33)12-15-31-28(38)32-25(18-21-8-10-24(39-2)11-9-21)26(35)34-16-13-29(14-17-34,27(36)37)22-6-4-3-5-7-22/h8-11,19-20,22,25H,3-7,12-18H2,1-2H3,(H,36,37)(H2,31,32,38). The SMILES string of the molecule is COc1ccc(CC(NC(=O)NCCc2cncn2C)C(=O)N2CCC(C(=O)O)(C3CCCCC3)CC2)cc1. The topological polar surface area (TPSA) is 126 Å². The van der Waals surface area contributed by atoms with Gasteiger partial charge in [0.15, 0.2) is 0 Å². The molecule has 4 rings (SSSR count). The highest BCUT2D eigenvalue weighted by Gasteiger charge is 2.48. The Balaban J connectivity index is 1.41. The van der Waals surface area contributed by atoms with Crippen LogP contribution < -0.4 is 15.4 Å². The maximum absolute atomic E-state index is 13.7. The first-order chi connectivity index (χ1) is 18.8. The van der Waals surface area contributed by atoms with Crippen molar-refractivity contribution in [2.24, 2.45) is 18.4 Å². The summed E-state index contributed by atoms with van der Waals surface area (Å²) in [6, 6.07) is 6.24. The Bertz CT molecular complexity index is 1120. The predicted molar refractivity (Wildman–Crippen MR) is 146 cm³/mol. The molecule has 1 saturated carbocycles. The van der Waals surface area contributed by atoms with Crippen molar-refractivity contribution in [3.05, 3.63) is 48.0 Å². The quantitative estimate of drug-likeness (QED) is 0.426. The molecule has 3 amide bonds. The largest absolute Gasteiger partial charge is 0.497 e. The molecule has 0 bridgehead atoms. The number of carboxylic acid groups (broad SMARTS) is 1. The number of piperidine rings is 1. The number of carboxylic acids is 1. The molecule has 1 aliphatic heterocycles. The summed E-state index contributed by atoms with van der Waals surface area (Å²) in [6.07, 6.45) is 10.5. The summed E-state index contributed by atoms with van der Waals surface area (Å²) in [6.45, 7) is 1.16. The Labute approximate surface area is 230 Å². The highest BCUT2D eigenvalue weighted by Crippen LogP contribution is 2.46. The maximum atomic E-state index is 13.7. The summed E-state index contributed by atoms with van der Waals surface area (Å²) in [4.78, 5) is 44.8. The Morgan fingerprint density at radius 2 is 1.82 bits per heavy atom. The van der Waals surface area contributed by atoms with Gasteiger partial charge in [-0.15, -0.1) is 0 Å². The Morgan fingerprint density at radius 1 is 1.13 bits per heavy atom. The molecule has 3 N–H and O–H groups in total. The van der Waals surface area contributed by atoms with Crippen molar-refractivity contribution in [3.8, 4) is 5.75 Å². The summed E-state index contributed by atoms with van der Waals surface area (Å²) < 4.78 is 7.14. The average Bonchev–Trinajstić information content (AvgIpc) is 3.37. The number of carbonyl (C=O) groups is 3. The number of nitrogens with zero attached hydrogens (tertiary/aromatic N) is 3. The van der Waals surface area contributed by atoms with Crippen molar-refractivity contribution < 1.29 is 24.2 Å². The third kappa shape index (κ3) is 6.91. The van der Waals surface area contributed by atoms with E-state index in [1.165, 1.54) is 6.42 Å². The van der Waals surface area contributed by atoms with Gasteiger partial charge in [0, 0.05) is 51.4 Å². The Hall–Kier alpha value is -3.56. The first kappa shape index (κ1) is 28.4. The van der Waals surface area contributed by atoms with E-state index in [4.69, 9.17) is 4.74 Å². The number of methoxy groups -OCH3 is 1. The number of benzene rings is 1. The number of nitrogens with one attached hydrogen (secondary N) is 2. The van der Waals surface area contributed by atoms with E-state index in [1.807, 2.05) is 35.9 Å². The molecule has 1 unspecified atom stereocenters. The van der Waals surface area contributed by atoms with Crippen molar-refractivity contribution in [2.75, 3.05) is 26.7 Å². The fourth-order valence-electron chi connectivity index (χ4n) is 6.13. The molecular formula is C29H41N5O5. The zero-order valence-corrected chi connectivity index (χ0v) is 23.0. The Morgan fingerprint density at radius 3 is 2.41 bits per heavy atom. The summed E-state index contributed by atoms with van der Waals surface area (Å²) >= 11 is 0. The summed E-state index contributed by atoms with van der Waals surface area (Å²) in [5, 5.41) is 15.9. The zero-order chi connectivity index (χ0) is 27.8. The van der Waals surface area contributed by atoms with Gasteiger partial charge >= 0.3 is 12.0 Å². The van der Waals surface area contributed by atoms with Crippen LogP contribution in [0.2, 0.25) is 0 Å². The number of likely N-dealkylation sites (tertiary alicyclic amines) is 1. The van der Waals surface area contributed by atoms with Crippen LogP contribution in [0.1, 0.15) is 56.2 Å². The number of rotatable bonds is 10. The second kappa shape index (κ2) is 13.0. The van der Waals surface area contributed by atoms with E-state index in [0.717, 1.165) is 36.9 Å². The smallest absolute Gasteiger partial charge is 0.315 e. The van der Waals surface area contributed by atoms with E-state index < -0.39 is 23.5 Å². The number of urea groups is 1. The second-order valence-corrected chi connectivity index (χ2v) is 10.9. The van der Waals surface area contributed by atoms with Gasteiger partial charge in [-0.2, -0.15) is 0 Å². The third-order valence-electron chi connectivity index (χ3n) is 8.57. The number of imidazole rings is 1. The van der Waals surface area contributed by atoms with E-state index in [2.05, 4.69) is 15.6 Å². The first-order valence-corrected chi connectivity index (χ1v) is 14.0. The maximum Gasteiger partial charge on any atom is 0.315 e. The Kier molecular flexibility index (Phi) is 9.48. The summed E-state index contributed by atoms with van der Waals surface area (Å²) in [5.41, 5.74) is 1.12. The van der Waals surface area contributed by atoms with Crippen LogP contribution >= 0.6 is 0 Å². The molecule has 1 atom stereocenters. The van der Waals surface area contributed by atoms with Crippen LogP contribution in [0.25, 0.3) is 0 Å². The molecule has 0 spiro atoms. The molecule has 10 nitrogen and oxygen atoms in total. The predicted octanol–water partition coefficient (Wildman–Crippen LogP) is 3.16. The van der Waals surface area contributed by atoms with Crippen molar-refractivity contribution in [3.63, 3.8) is 0 Å². The number of hydrogen-bond acceptors (Lipinski definition) is 5. The van der Waals surface area contributed by atoms with Crippen LogP contribution in [-0.4, -0.2) is 70.3 Å². The molecule has 2 aliphatic rings. The second-order valence-electron chi connectivity index (χ2n) is 10.9. The van der Waals surface area contributed by atoms with Gasteiger partial charge in [-0.25, -0.2) is 9.78 Å². The molecule has 1 aromatic heterocycles. The molecule has 212 valence electrons. The molecule has 0 radical (unpaired) electrons. The van der Waals surface area contributed by atoms with Crippen LogP contribution in [0.15, 0.2) is 36.8 Å². The number of aromatic nitrogens is 2. The molecule has 39 heavy (non-hydrogen) atoms. The van der Waals surface area contributed by atoms with Crippen molar-refractivity contribution in [2.45, 2.75) is 63.8 Å². The van der Waals surface area contributed by atoms with E-state index in [9.17, 15) is 19.5 Å². The van der Waals surface area contributed by atoms with Crippen LogP contribution in [0.3, 0.4) is 0 Å². The molecule has 1 aromatic carbocycles. The van der Waals surface area contributed by atoms with Gasteiger partial charge in [0.1, 0.15) is 11.8 Å². The van der Waals surface area contributed by atoms with Crippen LogP contribution in [-0.2, 0) is 29.5 Å². The molecule has 1 aliphatic carbocycles. The van der Waals surface area contributed by atoms with Crippen molar-refractivity contribution >= 4 is 17.9 Å². The lowest BCUT2D eigenvalue weighted by Crippen LogP contribution is -2.56. The minimum Gasteiger partial charge on any atom is -0.497 e. The minimum absolute atomic E-state index is 0.166. The van der Waals surface area contributed by atoms with Gasteiger partial charge in [-0.05, 0) is 49.3 Å². The highest BCUT2D eigenvalue weighted by atomic mass is 16.5. The number of aliphatic carboxylic acids is 1. The fourth-order valence-corrected chi connectivity index (χ4v) is 6.13. The number of amides is 3. The van der Waals surface area contributed by atoms with E-state index in [-0.39, 0.29) is 11.8 Å². The van der Waals surface area contributed by atoms with E-state index in [1.54, 1.807) is 24.5 Å². The monoisotopic (exact) mass is 539 g/mol. The highest BCUT2D eigenvalue weighted by molar-refractivity contribution is 5.87. The molecule has 2 aromatic rings. The van der Waals surface area contributed by atoms with Gasteiger partial charge in [0.2, 0.25) is 5.91 Å². The number of hydrogen-bond donors (Lipinski definition) is 3. The van der Waals surface area contributed by atoms with Gasteiger partial charge in [-0.3, -0.25) is 9.59 Å². The van der Waals surface area contributed by atoms with Crippen LogP contribution in [0.5, 0.6) is 5.75 Å². The van der Waals surface area contributed by atoms with Crippen molar-refractivity contribution in [1.82, 2.24) is 25.1 Å². The molecule has 2 fully saturated rings. The third-order valence-corrected chi connectivity index (χ3v) is 8.57. The fraction of sp³-hybridized carbons (Fsp3) is 0.586. The zero-order valence-electron chi connectivity index (χ0n) is 23.0. The lowest BCUT2D eigenvalue weighted by atomic mass is 9.64.